The average molecular weight is 443 g/mol. The van der Waals surface area contributed by atoms with E-state index in [9.17, 15) is 5.26 Å². The van der Waals surface area contributed by atoms with Gasteiger partial charge in [0.1, 0.15) is 0 Å². The molecular formula is C33H18N2. The van der Waals surface area contributed by atoms with Crippen molar-refractivity contribution >= 4 is 43.4 Å². The highest BCUT2D eigenvalue weighted by Gasteiger charge is 2.25. The van der Waals surface area contributed by atoms with E-state index in [1.807, 2.05) is 12.1 Å². The molecule has 0 N–H and O–H groups in total. The minimum Gasteiger partial charge on any atom is -0.309 e. The number of rotatable bonds is 1. The van der Waals surface area contributed by atoms with E-state index in [2.05, 4.69) is 108 Å². The van der Waals surface area contributed by atoms with Crippen LogP contribution in [-0.4, -0.2) is 4.57 Å². The highest BCUT2D eigenvalue weighted by molar-refractivity contribution is 6.31. The third kappa shape index (κ3) is 2.32. The molecule has 2 nitrogen and oxygen atoms in total. The molecule has 35 heavy (non-hydrogen) atoms. The van der Waals surface area contributed by atoms with Crippen molar-refractivity contribution in [3.05, 3.63) is 115 Å². The molecule has 0 saturated heterocycles. The van der Waals surface area contributed by atoms with E-state index in [1.54, 1.807) is 0 Å². The van der Waals surface area contributed by atoms with Gasteiger partial charge in [-0.25, -0.2) is 0 Å². The summed E-state index contributed by atoms with van der Waals surface area (Å²) in [6.45, 7) is 0. The first-order chi connectivity index (χ1) is 17.3. The van der Waals surface area contributed by atoms with Crippen LogP contribution in [0.25, 0.3) is 71.3 Å². The Labute approximate surface area is 201 Å². The maximum Gasteiger partial charge on any atom is 0.0991 e. The quantitative estimate of drug-likeness (QED) is 0.250. The normalized spacial score (nSPS) is 12.0. The zero-order valence-electron chi connectivity index (χ0n) is 18.8. The van der Waals surface area contributed by atoms with E-state index in [-0.39, 0.29) is 0 Å². The topological polar surface area (TPSA) is 28.7 Å². The zero-order chi connectivity index (χ0) is 23.1. The third-order valence-corrected chi connectivity index (χ3v) is 7.54. The van der Waals surface area contributed by atoms with Gasteiger partial charge >= 0.3 is 0 Å². The van der Waals surface area contributed by atoms with Gasteiger partial charge in [-0.15, -0.1) is 0 Å². The molecule has 0 aliphatic heterocycles. The number of hydrogen-bond acceptors (Lipinski definition) is 1. The molecule has 0 fully saturated rings. The van der Waals surface area contributed by atoms with Crippen LogP contribution in [0.1, 0.15) is 5.56 Å². The Morgan fingerprint density at radius 1 is 0.543 bits per heavy atom. The average Bonchev–Trinajstić information content (AvgIpc) is 3.44. The predicted octanol–water partition coefficient (Wildman–Crippen LogP) is 8.61. The van der Waals surface area contributed by atoms with Crippen molar-refractivity contribution in [1.29, 1.82) is 5.26 Å². The molecule has 7 aromatic rings. The van der Waals surface area contributed by atoms with Crippen LogP contribution >= 0.6 is 0 Å². The van der Waals surface area contributed by atoms with Crippen LogP contribution in [-0.2, 0) is 0 Å². The van der Waals surface area contributed by atoms with Crippen LogP contribution < -0.4 is 0 Å². The molecule has 1 aromatic heterocycles. The van der Waals surface area contributed by atoms with Gasteiger partial charge in [-0.05, 0) is 74.8 Å². The van der Waals surface area contributed by atoms with Crippen molar-refractivity contribution in [1.82, 2.24) is 4.57 Å². The van der Waals surface area contributed by atoms with Gasteiger partial charge in [-0.2, -0.15) is 5.26 Å². The van der Waals surface area contributed by atoms with Crippen LogP contribution in [0.2, 0.25) is 0 Å². The molecule has 0 radical (unpaired) electrons. The summed E-state index contributed by atoms with van der Waals surface area (Å²) in [6.07, 6.45) is 0. The number of nitriles is 1. The van der Waals surface area contributed by atoms with Crippen molar-refractivity contribution in [3.8, 4) is 34.0 Å². The van der Waals surface area contributed by atoms with Crippen molar-refractivity contribution < 1.29 is 0 Å². The molecule has 1 aliphatic rings. The molecule has 1 heterocycles. The van der Waals surface area contributed by atoms with E-state index in [0.717, 1.165) is 5.69 Å². The summed E-state index contributed by atoms with van der Waals surface area (Å²) in [5, 5.41) is 17.0. The molecule has 0 saturated carbocycles. The molecule has 1 aliphatic carbocycles. The largest absolute Gasteiger partial charge is 0.309 e. The lowest BCUT2D eigenvalue weighted by molar-refractivity contribution is 1.19. The van der Waals surface area contributed by atoms with E-state index < -0.39 is 0 Å². The monoisotopic (exact) mass is 442 g/mol. The van der Waals surface area contributed by atoms with E-state index in [0.29, 0.717) is 5.56 Å². The molecule has 160 valence electrons. The predicted molar refractivity (Wildman–Crippen MR) is 145 cm³/mol. The Balaban J connectivity index is 1.65. The Morgan fingerprint density at radius 3 is 2.09 bits per heavy atom. The Morgan fingerprint density at radius 2 is 1.26 bits per heavy atom. The van der Waals surface area contributed by atoms with E-state index >= 15 is 0 Å². The Kier molecular flexibility index (Phi) is 3.49. The minimum atomic E-state index is 0.669. The number of hydrogen-bond donors (Lipinski definition) is 0. The molecule has 0 amide bonds. The first kappa shape index (κ1) is 18.5. The highest BCUT2D eigenvalue weighted by atomic mass is 15.0. The summed E-state index contributed by atoms with van der Waals surface area (Å²) in [6, 6.07) is 41.1. The lowest BCUT2D eigenvalue weighted by Gasteiger charge is -2.11. The minimum absolute atomic E-state index is 0.669. The van der Waals surface area contributed by atoms with Crippen molar-refractivity contribution in [2.75, 3.05) is 0 Å². The maximum atomic E-state index is 9.36. The van der Waals surface area contributed by atoms with Crippen LogP contribution in [0.15, 0.2) is 109 Å². The molecular weight excluding hydrogens is 424 g/mol. The first-order valence-corrected chi connectivity index (χ1v) is 11.9. The van der Waals surface area contributed by atoms with Crippen molar-refractivity contribution in [2.45, 2.75) is 0 Å². The molecule has 6 aromatic carbocycles. The number of benzene rings is 6. The Hall–Kier alpha value is -4.87. The second-order valence-electron chi connectivity index (χ2n) is 9.27. The molecule has 0 atom stereocenters. The number of fused-ring (bicyclic) bond motifs is 9. The van der Waals surface area contributed by atoms with Gasteiger partial charge in [-0.1, -0.05) is 72.8 Å². The summed E-state index contributed by atoms with van der Waals surface area (Å²) in [5.74, 6) is 0. The first-order valence-electron chi connectivity index (χ1n) is 11.9. The summed E-state index contributed by atoms with van der Waals surface area (Å²) in [4.78, 5) is 0. The molecule has 0 bridgehead atoms. The van der Waals surface area contributed by atoms with Gasteiger partial charge < -0.3 is 4.57 Å². The van der Waals surface area contributed by atoms with Crippen LogP contribution in [0.5, 0.6) is 0 Å². The molecule has 8 rings (SSSR count). The smallest absolute Gasteiger partial charge is 0.0991 e. The van der Waals surface area contributed by atoms with E-state index in [1.165, 1.54) is 65.6 Å². The van der Waals surface area contributed by atoms with Crippen LogP contribution in [0, 0.1) is 11.3 Å². The van der Waals surface area contributed by atoms with Gasteiger partial charge in [0, 0.05) is 21.8 Å². The lowest BCUT2D eigenvalue weighted by Crippen LogP contribution is -1.95. The SMILES string of the molecule is N#Cc1ccc(-n2c3ccc4ccccc4c3c3cc4c5c(cccc5c32)-c2ccccc2-4)cc1. The summed E-state index contributed by atoms with van der Waals surface area (Å²) >= 11 is 0. The zero-order valence-corrected chi connectivity index (χ0v) is 18.8. The summed E-state index contributed by atoms with van der Waals surface area (Å²) in [7, 11) is 0. The van der Waals surface area contributed by atoms with Gasteiger partial charge in [0.25, 0.3) is 0 Å². The molecule has 0 spiro atoms. The second kappa shape index (κ2) is 6.59. The Bertz CT molecular complexity index is 2050. The van der Waals surface area contributed by atoms with Gasteiger partial charge in [0.15, 0.2) is 0 Å². The maximum absolute atomic E-state index is 9.36. The fourth-order valence-electron chi connectivity index (χ4n) is 6.09. The molecule has 2 heteroatoms. The van der Waals surface area contributed by atoms with Crippen molar-refractivity contribution in [2.24, 2.45) is 0 Å². The second-order valence-corrected chi connectivity index (χ2v) is 9.27. The summed E-state index contributed by atoms with van der Waals surface area (Å²) < 4.78 is 2.38. The van der Waals surface area contributed by atoms with E-state index in [4.69, 9.17) is 0 Å². The number of aromatic nitrogens is 1. The summed E-state index contributed by atoms with van der Waals surface area (Å²) in [5.41, 5.74) is 9.36. The van der Waals surface area contributed by atoms with Crippen LogP contribution in [0.3, 0.4) is 0 Å². The van der Waals surface area contributed by atoms with Gasteiger partial charge in [0.05, 0.1) is 22.7 Å². The fraction of sp³-hybridized carbons (Fsp3) is 0. The fourth-order valence-corrected chi connectivity index (χ4v) is 6.09. The molecule has 0 unspecified atom stereocenters. The van der Waals surface area contributed by atoms with Gasteiger partial charge in [0.2, 0.25) is 0 Å². The third-order valence-electron chi connectivity index (χ3n) is 7.54. The van der Waals surface area contributed by atoms with Crippen molar-refractivity contribution in [3.63, 3.8) is 0 Å². The van der Waals surface area contributed by atoms with Gasteiger partial charge in [-0.3, -0.25) is 0 Å². The lowest BCUT2D eigenvalue weighted by atomic mass is 9.97. The standard InChI is InChI=1S/C33H18N2/c34-19-20-12-15-22(16-13-20)35-30-17-14-21-6-1-2-7-23(21)32(30)29-18-28-25-9-4-3-8-24(25)26-10-5-11-27(31(26)28)33(29)35/h1-18H. The van der Waals surface area contributed by atoms with Crippen LogP contribution in [0.4, 0.5) is 0 Å². The number of nitrogens with zero attached hydrogens (tertiary/aromatic N) is 2. The highest BCUT2D eigenvalue weighted by Crippen LogP contribution is 2.51.